The SMILES string of the molecule is CC(=O)NC1CCc2c1cc(Br)c(N)c2[N+](=O)[O-]. The number of rotatable bonds is 2. The van der Waals surface area contributed by atoms with E-state index in [9.17, 15) is 14.9 Å². The molecule has 0 bridgehead atoms. The average molecular weight is 314 g/mol. The van der Waals surface area contributed by atoms with Crippen LogP contribution in [-0.4, -0.2) is 10.8 Å². The summed E-state index contributed by atoms with van der Waals surface area (Å²) in [4.78, 5) is 21.7. The summed E-state index contributed by atoms with van der Waals surface area (Å²) >= 11 is 3.22. The van der Waals surface area contributed by atoms with E-state index in [-0.39, 0.29) is 23.3 Å². The first-order chi connectivity index (χ1) is 8.41. The fourth-order valence-electron chi connectivity index (χ4n) is 2.34. The highest BCUT2D eigenvalue weighted by Crippen LogP contribution is 2.43. The van der Waals surface area contributed by atoms with Crippen LogP contribution in [0.3, 0.4) is 0 Å². The number of nitrogens with one attached hydrogen (secondary N) is 1. The Bertz CT molecular complexity index is 545. The first-order valence-electron chi connectivity index (χ1n) is 5.44. The number of hydrogen-bond acceptors (Lipinski definition) is 4. The molecule has 1 aromatic carbocycles. The number of benzene rings is 1. The van der Waals surface area contributed by atoms with Gasteiger partial charge in [0.2, 0.25) is 5.91 Å². The van der Waals surface area contributed by atoms with E-state index in [1.165, 1.54) is 6.92 Å². The summed E-state index contributed by atoms with van der Waals surface area (Å²) in [5.41, 5.74) is 7.22. The maximum absolute atomic E-state index is 11.1. The highest BCUT2D eigenvalue weighted by atomic mass is 79.9. The van der Waals surface area contributed by atoms with Gasteiger partial charge >= 0.3 is 0 Å². The predicted molar refractivity (Wildman–Crippen MR) is 70.1 cm³/mol. The zero-order valence-corrected chi connectivity index (χ0v) is 11.3. The van der Waals surface area contributed by atoms with Crippen molar-refractivity contribution in [1.29, 1.82) is 0 Å². The Morgan fingerprint density at radius 2 is 2.33 bits per heavy atom. The number of nitrogens with two attached hydrogens (primary N) is 1. The molecule has 0 radical (unpaired) electrons. The van der Waals surface area contributed by atoms with Gasteiger partial charge in [-0.15, -0.1) is 0 Å². The zero-order valence-electron chi connectivity index (χ0n) is 9.70. The summed E-state index contributed by atoms with van der Waals surface area (Å²) in [5, 5.41) is 13.9. The van der Waals surface area contributed by atoms with E-state index >= 15 is 0 Å². The molecule has 18 heavy (non-hydrogen) atoms. The van der Waals surface area contributed by atoms with Gasteiger partial charge in [0.15, 0.2) is 0 Å². The minimum absolute atomic E-state index is 0.0489. The third-order valence-corrected chi connectivity index (χ3v) is 3.70. The largest absolute Gasteiger partial charge is 0.392 e. The predicted octanol–water partition coefficient (Wildman–Crippen LogP) is 2.06. The summed E-state index contributed by atoms with van der Waals surface area (Å²) in [6.07, 6.45) is 1.21. The van der Waals surface area contributed by atoms with Crippen LogP contribution in [-0.2, 0) is 11.2 Å². The molecule has 1 unspecified atom stereocenters. The summed E-state index contributed by atoms with van der Waals surface area (Å²) in [6, 6.07) is 1.58. The Morgan fingerprint density at radius 1 is 1.67 bits per heavy atom. The summed E-state index contributed by atoms with van der Waals surface area (Å²) in [6.45, 7) is 1.43. The molecule has 0 aromatic heterocycles. The molecule has 0 saturated heterocycles. The second kappa shape index (κ2) is 4.56. The van der Waals surface area contributed by atoms with Crippen LogP contribution in [0.2, 0.25) is 0 Å². The third kappa shape index (κ3) is 2.05. The summed E-state index contributed by atoms with van der Waals surface area (Å²) < 4.78 is 0.491. The molecule has 1 amide bonds. The van der Waals surface area contributed by atoms with E-state index < -0.39 is 4.92 Å². The van der Waals surface area contributed by atoms with Gasteiger partial charge in [0, 0.05) is 17.0 Å². The van der Waals surface area contributed by atoms with E-state index in [1.807, 2.05) is 0 Å². The Kier molecular flexibility index (Phi) is 3.25. The zero-order chi connectivity index (χ0) is 13.4. The molecule has 1 aromatic rings. The van der Waals surface area contributed by atoms with Gasteiger partial charge in [-0.1, -0.05) is 0 Å². The molecule has 1 aliphatic rings. The molecule has 1 atom stereocenters. The number of amides is 1. The molecule has 96 valence electrons. The average Bonchev–Trinajstić information content (AvgIpc) is 2.61. The van der Waals surface area contributed by atoms with Gasteiger partial charge in [-0.25, -0.2) is 0 Å². The van der Waals surface area contributed by atoms with Crippen LogP contribution in [0.4, 0.5) is 11.4 Å². The summed E-state index contributed by atoms with van der Waals surface area (Å²) in [5.74, 6) is -0.150. The van der Waals surface area contributed by atoms with Crippen molar-refractivity contribution in [2.45, 2.75) is 25.8 Å². The van der Waals surface area contributed by atoms with Crippen LogP contribution in [0.5, 0.6) is 0 Å². The Balaban J connectivity index is 2.55. The molecule has 0 aliphatic heterocycles. The first-order valence-corrected chi connectivity index (χ1v) is 6.23. The van der Waals surface area contributed by atoms with E-state index in [0.29, 0.717) is 22.9 Å². The number of carbonyl (C=O) groups excluding carboxylic acids is 1. The number of halogens is 1. The van der Waals surface area contributed by atoms with Crippen molar-refractivity contribution in [3.05, 3.63) is 31.8 Å². The maximum atomic E-state index is 11.1. The lowest BCUT2D eigenvalue weighted by molar-refractivity contribution is -0.384. The molecule has 0 saturated carbocycles. The Hall–Kier alpha value is -1.63. The molecule has 2 rings (SSSR count). The monoisotopic (exact) mass is 313 g/mol. The van der Waals surface area contributed by atoms with E-state index in [4.69, 9.17) is 5.73 Å². The van der Waals surface area contributed by atoms with E-state index in [1.54, 1.807) is 6.07 Å². The van der Waals surface area contributed by atoms with Crippen molar-refractivity contribution in [2.24, 2.45) is 0 Å². The van der Waals surface area contributed by atoms with Gasteiger partial charge in [-0.3, -0.25) is 14.9 Å². The van der Waals surface area contributed by atoms with Crippen LogP contribution in [0.15, 0.2) is 10.5 Å². The number of carbonyl (C=O) groups is 1. The lowest BCUT2D eigenvalue weighted by Crippen LogP contribution is -2.24. The Morgan fingerprint density at radius 3 is 2.89 bits per heavy atom. The first kappa shape index (κ1) is 12.8. The highest BCUT2D eigenvalue weighted by Gasteiger charge is 2.32. The van der Waals surface area contributed by atoms with Crippen molar-refractivity contribution >= 4 is 33.2 Å². The molecule has 3 N–H and O–H groups in total. The molecule has 0 heterocycles. The van der Waals surface area contributed by atoms with Crippen LogP contribution in [0, 0.1) is 10.1 Å². The fraction of sp³-hybridized carbons (Fsp3) is 0.364. The van der Waals surface area contributed by atoms with Crippen LogP contribution in [0.25, 0.3) is 0 Å². The number of anilines is 1. The number of hydrogen-bond donors (Lipinski definition) is 2. The van der Waals surface area contributed by atoms with Crippen molar-refractivity contribution in [3.8, 4) is 0 Å². The van der Waals surface area contributed by atoms with Crippen molar-refractivity contribution < 1.29 is 9.72 Å². The molecule has 7 heteroatoms. The normalized spacial score (nSPS) is 17.3. The van der Waals surface area contributed by atoms with Crippen molar-refractivity contribution in [1.82, 2.24) is 5.32 Å². The number of nitro benzene ring substituents is 1. The van der Waals surface area contributed by atoms with E-state index in [2.05, 4.69) is 21.2 Å². The topological polar surface area (TPSA) is 98.3 Å². The molecule has 0 spiro atoms. The highest BCUT2D eigenvalue weighted by molar-refractivity contribution is 9.10. The number of nitrogen functional groups attached to an aromatic ring is 1. The quantitative estimate of drug-likeness (QED) is 0.496. The van der Waals surface area contributed by atoms with Gasteiger partial charge in [-0.2, -0.15) is 0 Å². The number of nitrogens with zero attached hydrogens (tertiary/aromatic N) is 1. The van der Waals surface area contributed by atoms with Gasteiger partial charge < -0.3 is 11.1 Å². The third-order valence-electron chi connectivity index (χ3n) is 3.05. The van der Waals surface area contributed by atoms with Crippen molar-refractivity contribution in [3.63, 3.8) is 0 Å². The van der Waals surface area contributed by atoms with E-state index in [0.717, 1.165) is 5.56 Å². The molecule has 0 fully saturated rings. The molecule has 1 aliphatic carbocycles. The second-order valence-electron chi connectivity index (χ2n) is 4.24. The van der Waals surface area contributed by atoms with Gasteiger partial charge in [0.1, 0.15) is 5.69 Å². The maximum Gasteiger partial charge on any atom is 0.296 e. The lowest BCUT2D eigenvalue weighted by Gasteiger charge is -2.13. The molecule has 6 nitrogen and oxygen atoms in total. The number of nitro groups is 1. The van der Waals surface area contributed by atoms with Gasteiger partial charge in [0.05, 0.1) is 11.0 Å². The molecular weight excluding hydrogens is 302 g/mol. The minimum atomic E-state index is -0.463. The fourth-order valence-corrected chi connectivity index (χ4v) is 2.77. The number of fused-ring (bicyclic) bond motifs is 1. The van der Waals surface area contributed by atoms with Crippen molar-refractivity contribution in [2.75, 3.05) is 5.73 Å². The van der Waals surface area contributed by atoms with Crippen LogP contribution in [0.1, 0.15) is 30.5 Å². The van der Waals surface area contributed by atoms with Gasteiger partial charge in [-0.05, 0) is 40.4 Å². The smallest absolute Gasteiger partial charge is 0.296 e. The van der Waals surface area contributed by atoms with Crippen LogP contribution >= 0.6 is 15.9 Å². The summed E-state index contributed by atoms with van der Waals surface area (Å²) in [7, 11) is 0. The lowest BCUT2D eigenvalue weighted by atomic mass is 10.1. The molecular formula is C11H12BrN3O3. The van der Waals surface area contributed by atoms with Crippen LogP contribution < -0.4 is 11.1 Å². The minimum Gasteiger partial charge on any atom is -0.392 e. The van der Waals surface area contributed by atoms with Gasteiger partial charge in [0.25, 0.3) is 5.69 Å². The second-order valence-corrected chi connectivity index (χ2v) is 5.09. The Labute approximate surface area is 112 Å². The standard InChI is InChI=1S/C11H12BrN3O3/c1-5(16)14-9-3-2-6-7(9)4-8(12)10(13)11(6)15(17)18/h4,9H,2-3,13H2,1H3,(H,14,16).